The van der Waals surface area contributed by atoms with Gasteiger partial charge in [0.2, 0.25) is 0 Å². The number of benzene rings is 1. The molecule has 0 fully saturated rings. The maximum Gasteiger partial charge on any atom is 0.336 e. The zero-order chi connectivity index (χ0) is 17.6. The van der Waals surface area contributed by atoms with Crippen molar-refractivity contribution in [2.75, 3.05) is 13.2 Å². The number of rotatable bonds is 8. The molecule has 0 aliphatic rings. The van der Waals surface area contributed by atoms with Crippen molar-refractivity contribution in [3.8, 4) is 0 Å². The van der Waals surface area contributed by atoms with Crippen LogP contribution >= 0.6 is 0 Å². The first kappa shape index (κ1) is 19.0. The number of hydrogen-bond acceptors (Lipinski definition) is 7. The van der Waals surface area contributed by atoms with Gasteiger partial charge in [-0.15, -0.1) is 0 Å². The highest BCUT2D eigenvalue weighted by Gasteiger charge is 2.30. The Bertz CT molecular complexity index is 549. The molecule has 0 spiro atoms. The van der Waals surface area contributed by atoms with Crippen molar-refractivity contribution < 1.29 is 40.2 Å². The second-order valence-electron chi connectivity index (χ2n) is 4.86. The molecule has 128 valence electrons. The Hall–Kier alpha value is -2.04. The van der Waals surface area contributed by atoms with E-state index in [1.165, 1.54) is 24.3 Å². The molecule has 0 aliphatic carbocycles. The number of hydrogen-bond donors (Lipinski definition) is 7. The fourth-order valence-electron chi connectivity index (χ4n) is 1.84. The number of aliphatic hydroxyl groups is 5. The molecule has 1 rings (SSSR count). The summed E-state index contributed by atoms with van der Waals surface area (Å²) in [4.78, 5) is 23.0. The first-order valence-electron chi connectivity index (χ1n) is 6.73. The van der Waals surface area contributed by atoms with E-state index in [1.807, 2.05) is 0 Å². The summed E-state index contributed by atoms with van der Waals surface area (Å²) in [6.45, 7) is -1.31. The smallest absolute Gasteiger partial charge is 0.336 e. The van der Waals surface area contributed by atoms with E-state index in [2.05, 4.69) is 5.32 Å². The van der Waals surface area contributed by atoms with Crippen LogP contribution in [0, 0.1) is 0 Å². The molecular weight excluding hydrogens is 310 g/mol. The average Bonchev–Trinajstić information content (AvgIpc) is 2.56. The van der Waals surface area contributed by atoms with E-state index < -0.39 is 49.4 Å². The molecule has 0 heterocycles. The van der Waals surface area contributed by atoms with Gasteiger partial charge in [-0.1, -0.05) is 12.1 Å². The molecule has 0 bridgehead atoms. The van der Waals surface area contributed by atoms with Crippen molar-refractivity contribution in [2.24, 2.45) is 0 Å². The van der Waals surface area contributed by atoms with Crippen molar-refractivity contribution in [1.29, 1.82) is 0 Å². The van der Waals surface area contributed by atoms with Gasteiger partial charge < -0.3 is 36.0 Å². The largest absolute Gasteiger partial charge is 0.478 e. The van der Waals surface area contributed by atoms with Gasteiger partial charge in [0.05, 0.1) is 23.8 Å². The van der Waals surface area contributed by atoms with E-state index in [4.69, 9.17) is 10.2 Å². The van der Waals surface area contributed by atoms with E-state index in [1.54, 1.807) is 0 Å². The lowest BCUT2D eigenvalue weighted by molar-refractivity contribution is -0.113. The van der Waals surface area contributed by atoms with Crippen LogP contribution < -0.4 is 5.32 Å². The average molecular weight is 329 g/mol. The molecule has 0 aromatic heterocycles. The summed E-state index contributed by atoms with van der Waals surface area (Å²) in [7, 11) is 0. The summed E-state index contributed by atoms with van der Waals surface area (Å²) < 4.78 is 0. The third-order valence-electron chi connectivity index (χ3n) is 3.20. The highest BCUT2D eigenvalue weighted by molar-refractivity contribution is 6.04. The van der Waals surface area contributed by atoms with Crippen LogP contribution in [-0.2, 0) is 0 Å². The molecule has 7 N–H and O–H groups in total. The maximum atomic E-state index is 11.9. The fourth-order valence-corrected chi connectivity index (χ4v) is 1.84. The number of aromatic carboxylic acids is 1. The third kappa shape index (κ3) is 4.98. The number of carbonyl (C=O) groups excluding carboxylic acids is 1. The predicted molar refractivity (Wildman–Crippen MR) is 76.8 cm³/mol. The molecule has 23 heavy (non-hydrogen) atoms. The summed E-state index contributed by atoms with van der Waals surface area (Å²) in [5.41, 5.74) is -0.353. The molecule has 9 nitrogen and oxygen atoms in total. The van der Waals surface area contributed by atoms with E-state index in [9.17, 15) is 30.0 Å². The standard InChI is InChI=1S/C14H19NO8/c16-6-10(18)12(20)11(19)9(17)5-15-13(21)7-3-1-2-4-8(7)14(22)23/h1-4,9-12,16-20H,5-6H2,(H,15,21)(H,22,23). The van der Waals surface area contributed by atoms with E-state index in [0.29, 0.717) is 0 Å². The minimum Gasteiger partial charge on any atom is -0.478 e. The number of nitrogens with one attached hydrogen (secondary N) is 1. The monoisotopic (exact) mass is 329 g/mol. The lowest BCUT2D eigenvalue weighted by atomic mass is 10.0. The number of carbonyl (C=O) groups is 2. The van der Waals surface area contributed by atoms with Crippen LogP contribution in [0.5, 0.6) is 0 Å². The van der Waals surface area contributed by atoms with E-state index in [0.717, 1.165) is 0 Å². The third-order valence-corrected chi connectivity index (χ3v) is 3.20. The lowest BCUT2D eigenvalue weighted by Crippen LogP contribution is -2.49. The van der Waals surface area contributed by atoms with Crippen LogP contribution in [0.15, 0.2) is 24.3 Å². The second kappa shape index (κ2) is 8.56. The number of carboxylic acid groups (broad SMARTS) is 1. The van der Waals surface area contributed by atoms with Gasteiger partial charge in [-0.05, 0) is 12.1 Å². The Kier molecular flexibility index (Phi) is 7.07. The van der Waals surface area contributed by atoms with Gasteiger partial charge in [-0.25, -0.2) is 4.79 Å². The van der Waals surface area contributed by atoms with Crippen LogP contribution in [0.4, 0.5) is 0 Å². The van der Waals surface area contributed by atoms with Crippen LogP contribution in [0.3, 0.4) is 0 Å². The highest BCUT2D eigenvalue weighted by atomic mass is 16.4. The van der Waals surface area contributed by atoms with E-state index in [-0.39, 0.29) is 11.1 Å². The van der Waals surface area contributed by atoms with Gasteiger partial charge in [0.1, 0.15) is 18.3 Å². The molecule has 4 unspecified atom stereocenters. The van der Waals surface area contributed by atoms with Crippen molar-refractivity contribution in [3.05, 3.63) is 35.4 Å². The molecule has 9 heteroatoms. The Labute approximate surface area is 131 Å². The van der Waals surface area contributed by atoms with Crippen molar-refractivity contribution in [3.63, 3.8) is 0 Å². The fraction of sp³-hybridized carbons (Fsp3) is 0.429. The zero-order valence-electron chi connectivity index (χ0n) is 12.0. The topological polar surface area (TPSA) is 168 Å². The van der Waals surface area contributed by atoms with Crippen LogP contribution in [0.1, 0.15) is 20.7 Å². The van der Waals surface area contributed by atoms with Crippen LogP contribution in [-0.4, -0.2) is 80.1 Å². The summed E-state index contributed by atoms with van der Waals surface area (Å²) >= 11 is 0. The number of aliphatic hydroxyl groups excluding tert-OH is 5. The van der Waals surface area contributed by atoms with E-state index >= 15 is 0 Å². The van der Waals surface area contributed by atoms with Crippen molar-refractivity contribution >= 4 is 11.9 Å². The Morgan fingerprint density at radius 1 is 0.957 bits per heavy atom. The normalized spacial score (nSPS) is 16.2. The van der Waals surface area contributed by atoms with Crippen molar-refractivity contribution in [1.82, 2.24) is 5.32 Å². The highest BCUT2D eigenvalue weighted by Crippen LogP contribution is 2.09. The SMILES string of the molecule is O=C(O)c1ccccc1C(=O)NCC(O)C(O)C(O)C(O)CO. The van der Waals surface area contributed by atoms with Gasteiger partial charge in [-0.3, -0.25) is 4.79 Å². The number of amides is 1. The van der Waals surface area contributed by atoms with Crippen molar-refractivity contribution in [2.45, 2.75) is 24.4 Å². The number of carboxylic acids is 1. The molecule has 0 saturated heterocycles. The Balaban J connectivity index is 2.68. The van der Waals surface area contributed by atoms with Gasteiger partial charge >= 0.3 is 5.97 Å². The summed E-state index contributed by atoms with van der Waals surface area (Å²) in [6, 6.07) is 5.44. The molecule has 1 amide bonds. The first-order valence-corrected chi connectivity index (χ1v) is 6.73. The Morgan fingerprint density at radius 3 is 2.00 bits per heavy atom. The molecule has 0 aliphatic heterocycles. The quantitative estimate of drug-likeness (QED) is 0.276. The lowest BCUT2D eigenvalue weighted by Gasteiger charge is -2.25. The molecule has 1 aromatic rings. The van der Waals surface area contributed by atoms with Crippen LogP contribution in [0.2, 0.25) is 0 Å². The molecule has 0 saturated carbocycles. The van der Waals surface area contributed by atoms with Gasteiger partial charge in [-0.2, -0.15) is 0 Å². The maximum absolute atomic E-state index is 11.9. The minimum absolute atomic E-state index is 0.127. The molecule has 1 aromatic carbocycles. The summed E-state index contributed by atoms with van der Waals surface area (Å²) in [6.07, 6.45) is -6.90. The molecular formula is C14H19NO8. The van der Waals surface area contributed by atoms with Gasteiger partial charge in [0.15, 0.2) is 0 Å². The second-order valence-corrected chi connectivity index (χ2v) is 4.86. The molecule has 4 atom stereocenters. The Morgan fingerprint density at radius 2 is 1.48 bits per heavy atom. The predicted octanol–water partition coefficient (Wildman–Crippen LogP) is -2.45. The van der Waals surface area contributed by atoms with Gasteiger partial charge in [0, 0.05) is 6.54 Å². The zero-order valence-corrected chi connectivity index (χ0v) is 12.0. The first-order chi connectivity index (χ1) is 10.8. The van der Waals surface area contributed by atoms with Gasteiger partial charge in [0.25, 0.3) is 5.91 Å². The summed E-state index contributed by atoms with van der Waals surface area (Å²) in [5, 5.41) is 57.8. The minimum atomic E-state index is -1.81. The van der Waals surface area contributed by atoms with Crippen LogP contribution in [0.25, 0.3) is 0 Å². The molecule has 0 radical (unpaired) electrons. The summed E-state index contributed by atoms with van der Waals surface area (Å²) in [5.74, 6) is -2.08.